The van der Waals surface area contributed by atoms with Gasteiger partial charge < -0.3 is 19.5 Å². The number of carboxylic acid groups (broad SMARTS) is 1. The Labute approximate surface area is 195 Å². The second-order valence-electron chi connectivity index (χ2n) is 9.19. The van der Waals surface area contributed by atoms with Crippen LogP contribution in [0.3, 0.4) is 0 Å². The van der Waals surface area contributed by atoms with Crippen LogP contribution in [-0.4, -0.2) is 72.3 Å². The van der Waals surface area contributed by atoms with Gasteiger partial charge in [0.05, 0.1) is 12.6 Å². The molecule has 2 N–H and O–H groups in total. The largest absolute Gasteiger partial charge is 0.480 e. The van der Waals surface area contributed by atoms with Gasteiger partial charge in [0, 0.05) is 19.8 Å². The van der Waals surface area contributed by atoms with Crippen molar-refractivity contribution in [1.82, 2.24) is 10.2 Å². The lowest BCUT2D eigenvalue weighted by Gasteiger charge is -2.48. The van der Waals surface area contributed by atoms with Crippen LogP contribution in [0.15, 0.2) is 30.3 Å². The Kier molecular flexibility index (Phi) is 8.86. The number of nitrogens with one attached hydrogen (secondary N) is 1. The van der Waals surface area contributed by atoms with Crippen LogP contribution >= 0.6 is 0 Å². The van der Waals surface area contributed by atoms with Crippen molar-refractivity contribution in [2.75, 3.05) is 26.4 Å². The fourth-order valence-corrected chi connectivity index (χ4v) is 4.94. The van der Waals surface area contributed by atoms with E-state index < -0.39 is 30.1 Å². The molecule has 33 heavy (non-hydrogen) atoms. The molecule has 0 aliphatic carbocycles. The highest BCUT2D eigenvalue weighted by Gasteiger charge is 2.45. The van der Waals surface area contributed by atoms with Crippen LogP contribution in [0.2, 0.25) is 0 Å². The number of aryl methyl sites for hydroxylation is 1. The molecule has 2 aliphatic rings. The molecule has 1 amide bonds. The number of nitrogens with zero attached hydrogens (tertiary/aromatic N) is 1. The van der Waals surface area contributed by atoms with Gasteiger partial charge >= 0.3 is 11.9 Å². The van der Waals surface area contributed by atoms with Crippen molar-refractivity contribution < 1.29 is 29.0 Å². The Hall–Kier alpha value is -2.45. The zero-order valence-corrected chi connectivity index (χ0v) is 19.6. The molecule has 182 valence electrons. The Morgan fingerprint density at radius 1 is 1.21 bits per heavy atom. The number of likely N-dealkylation sites (tertiary alicyclic amines) is 1. The lowest BCUT2D eigenvalue weighted by molar-refractivity contribution is -0.159. The number of rotatable bonds is 9. The summed E-state index contributed by atoms with van der Waals surface area (Å²) in [6.45, 7) is 5.38. The Balaban J connectivity index is 1.70. The smallest absolute Gasteiger partial charge is 0.326 e. The van der Waals surface area contributed by atoms with Crippen LogP contribution in [0.4, 0.5) is 0 Å². The summed E-state index contributed by atoms with van der Waals surface area (Å²) in [6, 6.07) is 7.60. The molecule has 2 fully saturated rings. The molecule has 3 atom stereocenters. The normalized spacial score (nSPS) is 21.9. The van der Waals surface area contributed by atoms with E-state index >= 15 is 0 Å². The first kappa shape index (κ1) is 25.2. The average molecular weight is 461 g/mol. The minimum Gasteiger partial charge on any atom is -0.480 e. The summed E-state index contributed by atoms with van der Waals surface area (Å²) in [4.78, 5) is 39.5. The monoisotopic (exact) mass is 460 g/mol. The predicted molar refractivity (Wildman–Crippen MR) is 123 cm³/mol. The van der Waals surface area contributed by atoms with Crippen molar-refractivity contribution >= 4 is 17.8 Å². The molecule has 0 aromatic heterocycles. The van der Waals surface area contributed by atoms with Crippen molar-refractivity contribution in [2.45, 2.75) is 70.5 Å². The maximum Gasteiger partial charge on any atom is 0.326 e. The number of amides is 1. The fourth-order valence-electron chi connectivity index (χ4n) is 4.94. The van der Waals surface area contributed by atoms with Gasteiger partial charge in [-0.1, -0.05) is 30.3 Å². The first-order valence-corrected chi connectivity index (χ1v) is 11.9. The van der Waals surface area contributed by atoms with Gasteiger partial charge in [-0.3, -0.25) is 14.9 Å². The lowest BCUT2D eigenvalue weighted by atomic mass is 9.72. The van der Waals surface area contributed by atoms with E-state index in [-0.39, 0.29) is 17.9 Å². The SMILES string of the molecule is CCOC(=O)C(CCc1ccccc1)N[C@@H](C)C(=O)N1CC2(CCOCC2)CC[C@H]1C(=O)O. The molecule has 8 heteroatoms. The fraction of sp³-hybridized carbons (Fsp3) is 0.640. The molecule has 8 nitrogen and oxygen atoms in total. The van der Waals surface area contributed by atoms with E-state index in [1.807, 2.05) is 30.3 Å². The summed E-state index contributed by atoms with van der Waals surface area (Å²) in [6.07, 6.45) is 4.00. The van der Waals surface area contributed by atoms with Crippen LogP contribution in [0.25, 0.3) is 0 Å². The Morgan fingerprint density at radius 2 is 1.91 bits per heavy atom. The summed E-state index contributed by atoms with van der Waals surface area (Å²) in [5, 5.41) is 12.9. The summed E-state index contributed by atoms with van der Waals surface area (Å²) in [7, 11) is 0. The minimum atomic E-state index is -0.983. The first-order chi connectivity index (χ1) is 15.8. The van der Waals surface area contributed by atoms with E-state index in [9.17, 15) is 19.5 Å². The lowest BCUT2D eigenvalue weighted by Crippen LogP contribution is -2.60. The van der Waals surface area contributed by atoms with E-state index in [1.54, 1.807) is 13.8 Å². The van der Waals surface area contributed by atoms with Crippen LogP contribution in [-0.2, 0) is 30.3 Å². The van der Waals surface area contributed by atoms with E-state index in [0.717, 1.165) is 24.8 Å². The van der Waals surface area contributed by atoms with Crippen molar-refractivity contribution in [3.8, 4) is 0 Å². The predicted octanol–water partition coefficient (Wildman–Crippen LogP) is 2.40. The van der Waals surface area contributed by atoms with E-state index in [1.165, 1.54) is 4.90 Å². The van der Waals surface area contributed by atoms with E-state index in [2.05, 4.69) is 5.32 Å². The molecule has 3 rings (SSSR count). The topological polar surface area (TPSA) is 105 Å². The zero-order valence-electron chi connectivity index (χ0n) is 19.6. The molecule has 1 aromatic carbocycles. The van der Waals surface area contributed by atoms with Gasteiger partial charge in [0.2, 0.25) is 5.91 Å². The molecule has 2 saturated heterocycles. The van der Waals surface area contributed by atoms with Crippen LogP contribution in [0.5, 0.6) is 0 Å². The summed E-state index contributed by atoms with van der Waals surface area (Å²) in [5.74, 6) is -1.67. The number of ether oxygens (including phenoxy) is 2. The van der Waals surface area contributed by atoms with Gasteiger partial charge in [0.1, 0.15) is 12.1 Å². The highest BCUT2D eigenvalue weighted by atomic mass is 16.5. The maximum absolute atomic E-state index is 13.4. The average Bonchev–Trinajstić information content (AvgIpc) is 2.82. The molecule has 0 radical (unpaired) electrons. The third-order valence-corrected chi connectivity index (χ3v) is 6.91. The number of hydrogen-bond donors (Lipinski definition) is 2. The maximum atomic E-state index is 13.4. The van der Waals surface area contributed by atoms with Crippen molar-refractivity contribution in [3.63, 3.8) is 0 Å². The van der Waals surface area contributed by atoms with Crippen LogP contribution < -0.4 is 5.32 Å². The molecule has 2 heterocycles. The molecule has 0 saturated carbocycles. The number of carbonyl (C=O) groups excluding carboxylic acids is 2. The van der Waals surface area contributed by atoms with Crippen molar-refractivity contribution in [1.29, 1.82) is 0 Å². The number of piperidine rings is 1. The quantitative estimate of drug-likeness (QED) is 0.545. The van der Waals surface area contributed by atoms with Gasteiger partial charge in [-0.05, 0) is 63.4 Å². The Bertz CT molecular complexity index is 808. The molecular formula is C25H36N2O6. The van der Waals surface area contributed by atoms with Gasteiger partial charge in [0.25, 0.3) is 0 Å². The van der Waals surface area contributed by atoms with E-state index in [0.29, 0.717) is 39.0 Å². The summed E-state index contributed by atoms with van der Waals surface area (Å²) < 4.78 is 10.7. The number of esters is 1. The highest BCUT2D eigenvalue weighted by Crippen LogP contribution is 2.41. The third kappa shape index (κ3) is 6.54. The molecular weight excluding hydrogens is 424 g/mol. The number of benzene rings is 1. The molecule has 1 unspecified atom stereocenters. The minimum absolute atomic E-state index is 0.0898. The van der Waals surface area contributed by atoms with Gasteiger partial charge in [-0.25, -0.2) is 4.79 Å². The van der Waals surface area contributed by atoms with Crippen LogP contribution in [0.1, 0.15) is 51.5 Å². The molecule has 0 bridgehead atoms. The standard InChI is InChI=1S/C25H36N2O6/c1-3-33-24(31)20(10-9-19-7-5-4-6-8-19)26-18(2)22(28)27-17-25(13-15-32-16-14-25)12-11-21(27)23(29)30/h4-8,18,20-21,26H,3,9-17H2,1-2H3,(H,29,30)/t18-,20?,21-/m0/s1. The Morgan fingerprint density at radius 3 is 2.55 bits per heavy atom. The first-order valence-electron chi connectivity index (χ1n) is 11.9. The van der Waals surface area contributed by atoms with Gasteiger partial charge in [-0.2, -0.15) is 0 Å². The zero-order chi connectivity index (χ0) is 23.8. The molecule has 1 aromatic rings. The number of carboxylic acids is 1. The van der Waals surface area contributed by atoms with Crippen molar-refractivity contribution in [2.24, 2.45) is 5.41 Å². The summed E-state index contributed by atoms with van der Waals surface area (Å²) in [5.41, 5.74) is 1.00. The number of carbonyl (C=O) groups is 3. The van der Waals surface area contributed by atoms with Crippen molar-refractivity contribution in [3.05, 3.63) is 35.9 Å². The van der Waals surface area contributed by atoms with Gasteiger partial charge in [-0.15, -0.1) is 0 Å². The molecule has 1 spiro atoms. The number of hydrogen-bond acceptors (Lipinski definition) is 6. The highest BCUT2D eigenvalue weighted by molar-refractivity contribution is 5.88. The third-order valence-electron chi connectivity index (χ3n) is 6.91. The second kappa shape index (κ2) is 11.6. The van der Waals surface area contributed by atoms with Gasteiger partial charge in [0.15, 0.2) is 0 Å². The second-order valence-corrected chi connectivity index (χ2v) is 9.19. The summed E-state index contributed by atoms with van der Waals surface area (Å²) >= 11 is 0. The molecule has 2 aliphatic heterocycles. The van der Waals surface area contributed by atoms with Crippen LogP contribution in [0, 0.1) is 5.41 Å². The number of aliphatic carboxylic acids is 1. The van der Waals surface area contributed by atoms with E-state index in [4.69, 9.17) is 9.47 Å².